The molecule has 1 aromatic carbocycles. The lowest BCUT2D eigenvalue weighted by molar-refractivity contribution is -0.125. The van der Waals surface area contributed by atoms with Crippen LogP contribution in [0.2, 0.25) is 0 Å². The van der Waals surface area contributed by atoms with Gasteiger partial charge < -0.3 is 29.8 Å². The zero-order valence-corrected chi connectivity index (χ0v) is 22.3. The molecule has 0 saturated heterocycles. The van der Waals surface area contributed by atoms with Crippen LogP contribution in [0.5, 0.6) is 11.5 Å². The van der Waals surface area contributed by atoms with E-state index in [2.05, 4.69) is 20.6 Å². The van der Waals surface area contributed by atoms with Crippen molar-refractivity contribution < 1.29 is 23.8 Å². The lowest BCUT2D eigenvalue weighted by atomic mass is 9.91. The van der Waals surface area contributed by atoms with Crippen LogP contribution < -0.4 is 20.1 Å². The van der Waals surface area contributed by atoms with Gasteiger partial charge in [0.05, 0.1) is 24.8 Å². The van der Waals surface area contributed by atoms with Gasteiger partial charge >= 0.3 is 0 Å². The molecule has 0 unspecified atom stereocenters. The topological polar surface area (TPSA) is 115 Å². The van der Waals surface area contributed by atoms with Crippen LogP contribution in [0.4, 0.5) is 0 Å². The number of nitrogens with one attached hydrogen (secondary N) is 3. The van der Waals surface area contributed by atoms with Crippen LogP contribution in [0.15, 0.2) is 30.5 Å². The van der Waals surface area contributed by atoms with Gasteiger partial charge in [-0.05, 0) is 69.6 Å². The highest BCUT2D eigenvalue weighted by Crippen LogP contribution is 2.39. The summed E-state index contributed by atoms with van der Waals surface area (Å²) in [6.07, 6.45) is 7.39. The Morgan fingerprint density at radius 3 is 2.42 bits per heavy atom. The Morgan fingerprint density at radius 1 is 1.00 bits per heavy atom. The number of hydrogen-bond acceptors (Lipinski definition) is 6. The van der Waals surface area contributed by atoms with E-state index in [-0.39, 0.29) is 30.5 Å². The molecule has 2 fully saturated rings. The van der Waals surface area contributed by atoms with Crippen molar-refractivity contribution in [2.45, 2.75) is 57.5 Å². The number of carbonyl (C=O) groups excluding carboxylic acids is 2. The highest BCUT2D eigenvalue weighted by atomic mass is 16.5. The third kappa shape index (κ3) is 5.78. The Bertz CT molecular complexity index is 1310. The summed E-state index contributed by atoms with van der Waals surface area (Å²) in [4.78, 5) is 33.3. The molecule has 0 atom stereocenters. The van der Waals surface area contributed by atoms with Crippen molar-refractivity contribution in [1.82, 2.24) is 20.6 Å². The third-order valence-corrected chi connectivity index (χ3v) is 7.46. The Balaban J connectivity index is 1.34. The SMILES string of the molecule is COCC(=O)NC1CCC(NC(=O)c2c(C)[nH]c3c(-c4ccc(OC)cc4OCC4CC4)ccnc23)CC1. The molecule has 2 amide bonds. The molecule has 9 heteroatoms. The van der Waals surface area contributed by atoms with Gasteiger partial charge in [0, 0.05) is 48.3 Å². The molecule has 0 bridgehead atoms. The number of ether oxygens (including phenoxy) is 3. The number of rotatable bonds is 10. The first-order valence-corrected chi connectivity index (χ1v) is 13.3. The van der Waals surface area contributed by atoms with Crippen LogP contribution in [0.1, 0.15) is 54.6 Å². The minimum Gasteiger partial charge on any atom is -0.497 e. The van der Waals surface area contributed by atoms with Crippen molar-refractivity contribution in [1.29, 1.82) is 0 Å². The average molecular weight is 521 g/mol. The molecule has 2 aliphatic carbocycles. The number of hydrogen-bond donors (Lipinski definition) is 3. The van der Waals surface area contributed by atoms with Gasteiger partial charge in [0.2, 0.25) is 5.91 Å². The number of aryl methyl sites for hydroxylation is 1. The number of fused-ring (bicyclic) bond motifs is 1. The quantitative estimate of drug-likeness (QED) is 0.370. The van der Waals surface area contributed by atoms with E-state index in [0.717, 1.165) is 59.5 Å². The molecule has 2 saturated carbocycles. The molecule has 2 heterocycles. The summed E-state index contributed by atoms with van der Waals surface area (Å²) in [5, 5.41) is 6.20. The largest absolute Gasteiger partial charge is 0.497 e. The second kappa shape index (κ2) is 11.4. The maximum Gasteiger partial charge on any atom is 0.255 e. The summed E-state index contributed by atoms with van der Waals surface area (Å²) in [6, 6.07) is 7.95. The molecule has 0 spiro atoms. The number of carbonyl (C=O) groups is 2. The van der Waals surface area contributed by atoms with E-state index in [1.807, 2.05) is 31.2 Å². The van der Waals surface area contributed by atoms with Crippen LogP contribution >= 0.6 is 0 Å². The van der Waals surface area contributed by atoms with E-state index in [1.165, 1.54) is 20.0 Å². The normalized spacial score (nSPS) is 19.2. The summed E-state index contributed by atoms with van der Waals surface area (Å²) in [6.45, 7) is 2.65. The first kappa shape index (κ1) is 26.0. The van der Waals surface area contributed by atoms with E-state index in [0.29, 0.717) is 23.6 Å². The van der Waals surface area contributed by atoms with Crippen LogP contribution in [0, 0.1) is 12.8 Å². The number of pyridine rings is 1. The number of methoxy groups -OCH3 is 2. The standard InChI is InChI=1S/C29H36N4O5/c1-17-26(29(35)33-20-8-6-19(7-9-20)32-25(34)16-36-2)28-27(31-17)23(12-13-30-28)22-11-10-21(37-3)14-24(22)38-15-18-4-5-18/h10-14,18-20,31H,4-9,15-16H2,1-3H3,(H,32,34)(H,33,35). The number of amides is 2. The maximum atomic E-state index is 13.4. The average Bonchev–Trinajstić information content (AvgIpc) is 3.68. The molecule has 202 valence electrons. The van der Waals surface area contributed by atoms with Gasteiger partial charge in [-0.3, -0.25) is 14.6 Å². The van der Waals surface area contributed by atoms with Crippen molar-refractivity contribution in [3.63, 3.8) is 0 Å². The first-order valence-electron chi connectivity index (χ1n) is 13.3. The fraction of sp³-hybridized carbons (Fsp3) is 0.483. The summed E-state index contributed by atoms with van der Waals surface area (Å²) in [5.41, 5.74) is 4.64. The molecule has 5 rings (SSSR count). The summed E-state index contributed by atoms with van der Waals surface area (Å²) in [7, 11) is 3.16. The predicted octanol–water partition coefficient (Wildman–Crippen LogP) is 4.14. The minimum atomic E-state index is -0.134. The van der Waals surface area contributed by atoms with Gasteiger partial charge in [0.25, 0.3) is 5.91 Å². The summed E-state index contributed by atoms with van der Waals surface area (Å²) >= 11 is 0. The monoisotopic (exact) mass is 520 g/mol. The van der Waals surface area contributed by atoms with E-state index in [9.17, 15) is 9.59 Å². The lowest BCUT2D eigenvalue weighted by Gasteiger charge is -2.29. The van der Waals surface area contributed by atoms with Crippen molar-refractivity contribution in [3.8, 4) is 22.6 Å². The number of nitrogens with zero attached hydrogens (tertiary/aromatic N) is 1. The van der Waals surface area contributed by atoms with Gasteiger partial charge in [-0.1, -0.05) is 0 Å². The molecule has 2 aromatic heterocycles. The molecule has 3 N–H and O–H groups in total. The number of aromatic nitrogens is 2. The number of aromatic amines is 1. The van der Waals surface area contributed by atoms with E-state index >= 15 is 0 Å². The first-order chi connectivity index (χ1) is 18.5. The molecule has 3 aromatic rings. The highest BCUT2D eigenvalue weighted by Gasteiger charge is 2.27. The van der Waals surface area contributed by atoms with Crippen molar-refractivity contribution >= 4 is 22.8 Å². The van der Waals surface area contributed by atoms with Gasteiger partial charge in [-0.15, -0.1) is 0 Å². The fourth-order valence-corrected chi connectivity index (χ4v) is 5.21. The van der Waals surface area contributed by atoms with Crippen molar-refractivity contribution in [2.75, 3.05) is 27.4 Å². The van der Waals surface area contributed by atoms with Gasteiger partial charge in [-0.2, -0.15) is 0 Å². The summed E-state index contributed by atoms with van der Waals surface area (Å²) in [5.74, 6) is 1.88. The number of benzene rings is 1. The van der Waals surface area contributed by atoms with E-state index in [1.54, 1.807) is 13.3 Å². The lowest BCUT2D eigenvalue weighted by Crippen LogP contribution is -2.44. The van der Waals surface area contributed by atoms with Crippen molar-refractivity contribution in [3.05, 3.63) is 41.7 Å². The highest BCUT2D eigenvalue weighted by molar-refractivity contribution is 6.09. The Kier molecular flexibility index (Phi) is 7.83. The van der Waals surface area contributed by atoms with Gasteiger partial charge in [0.15, 0.2) is 0 Å². The van der Waals surface area contributed by atoms with E-state index < -0.39 is 0 Å². The second-order valence-corrected chi connectivity index (χ2v) is 10.3. The van der Waals surface area contributed by atoms with Gasteiger partial charge in [0.1, 0.15) is 23.6 Å². The number of H-pyrrole nitrogens is 1. The molecule has 9 nitrogen and oxygen atoms in total. The third-order valence-electron chi connectivity index (χ3n) is 7.46. The molecule has 2 aliphatic rings. The van der Waals surface area contributed by atoms with Crippen molar-refractivity contribution in [2.24, 2.45) is 5.92 Å². The fourth-order valence-electron chi connectivity index (χ4n) is 5.21. The maximum absolute atomic E-state index is 13.4. The Morgan fingerprint density at radius 2 is 1.74 bits per heavy atom. The molecule has 0 radical (unpaired) electrons. The molecular weight excluding hydrogens is 484 g/mol. The Labute approximate surface area is 222 Å². The molecule has 0 aliphatic heterocycles. The van der Waals surface area contributed by atoms with Crippen LogP contribution in [-0.2, 0) is 9.53 Å². The molecular formula is C29H36N4O5. The van der Waals surface area contributed by atoms with Crippen LogP contribution in [0.3, 0.4) is 0 Å². The second-order valence-electron chi connectivity index (χ2n) is 10.3. The summed E-state index contributed by atoms with van der Waals surface area (Å²) < 4.78 is 16.5. The van der Waals surface area contributed by atoms with Crippen LogP contribution in [0.25, 0.3) is 22.2 Å². The Hall–Kier alpha value is -3.59. The minimum absolute atomic E-state index is 0.0506. The van der Waals surface area contributed by atoms with Crippen LogP contribution in [-0.4, -0.2) is 61.3 Å². The van der Waals surface area contributed by atoms with Gasteiger partial charge in [-0.25, -0.2) is 0 Å². The molecule has 38 heavy (non-hydrogen) atoms. The zero-order valence-electron chi connectivity index (χ0n) is 22.3. The van der Waals surface area contributed by atoms with E-state index in [4.69, 9.17) is 14.2 Å². The smallest absolute Gasteiger partial charge is 0.255 e. The zero-order chi connectivity index (χ0) is 26.6. The predicted molar refractivity (Wildman–Crippen MR) is 145 cm³/mol.